The van der Waals surface area contributed by atoms with Crippen molar-refractivity contribution in [3.05, 3.63) is 65.8 Å². The van der Waals surface area contributed by atoms with Crippen molar-refractivity contribution < 1.29 is 22.7 Å². The van der Waals surface area contributed by atoms with Crippen LogP contribution in [-0.4, -0.2) is 39.0 Å². The fraction of sp³-hybridized carbons (Fsp3) is 0.304. The summed E-state index contributed by atoms with van der Waals surface area (Å²) in [4.78, 5) is 20.8. The molecular formula is C23H22F3N7O2. The van der Waals surface area contributed by atoms with Crippen LogP contribution in [0.25, 0.3) is 11.0 Å². The molecule has 1 saturated heterocycles. The van der Waals surface area contributed by atoms with Gasteiger partial charge in [-0.15, -0.1) is 0 Å². The molecule has 1 unspecified atom stereocenters. The summed E-state index contributed by atoms with van der Waals surface area (Å²) >= 11 is 0. The van der Waals surface area contributed by atoms with Crippen LogP contribution in [0.4, 0.5) is 29.5 Å². The molecule has 0 spiro atoms. The van der Waals surface area contributed by atoms with Gasteiger partial charge < -0.3 is 21.1 Å². The SMILES string of the molecule is Nc1ncnc2c1c(C1C=CC(NC(=O)Nc3cccc(C(F)(F)F)c3)=CC1)nn2[C@H]1CCOC1. The number of anilines is 2. The van der Waals surface area contributed by atoms with Crippen LogP contribution >= 0.6 is 0 Å². The topological polar surface area (TPSA) is 120 Å². The molecule has 2 amide bonds. The number of alkyl halides is 3. The third kappa shape index (κ3) is 4.69. The van der Waals surface area contributed by atoms with Gasteiger partial charge in [0.05, 0.1) is 29.3 Å². The Bertz CT molecular complexity index is 1330. The summed E-state index contributed by atoms with van der Waals surface area (Å²) in [6.45, 7) is 1.21. The molecule has 0 radical (unpaired) electrons. The number of hydrogen-bond acceptors (Lipinski definition) is 6. The van der Waals surface area contributed by atoms with E-state index in [1.54, 1.807) is 6.08 Å². The van der Waals surface area contributed by atoms with Gasteiger partial charge >= 0.3 is 12.2 Å². The van der Waals surface area contributed by atoms with Crippen molar-refractivity contribution in [3.63, 3.8) is 0 Å². The van der Waals surface area contributed by atoms with E-state index in [2.05, 4.69) is 20.6 Å². The van der Waals surface area contributed by atoms with Gasteiger partial charge in [-0.05, 0) is 37.1 Å². The van der Waals surface area contributed by atoms with Crippen LogP contribution in [-0.2, 0) is 10.9 Å². The number of nitrogens with one attached hydrogen (secondary N) is 2. The van der Waals surface area contributed by atoms with E-state index in [1.807, 2.05) is 16.8 Å². The first kappa shape index (κ1) is 22.8. The standard InChI is InChI=1S/C23H22F3N7O2/c24-23(25,26)14-2-1-3-16(10-14)31-22(34)30-15-6-4-13(5-7-15)19-18-20(27)28-12-29-21(18)33(32-19)17-8-9-35-11-17/h1-4,6-7,10,12-13,17H,5,8-9,11H2,(H2,27,28,29)(H2,30,31,34)/t13?,17-/m0/s1. The summed E-state index contributed by atoms with van der Waals surface area (Å²) in [5, 5.41) is 10.6. The van der Waals surface area contributed by atoms with Gasteiger partial charge in [0.2, 0.25) is 0 Å². The number of fused-ring (bicyclic) bond motifs is 1. The third-order valence-corrected chi connectivity index (χ3v) is 5.95. The van der Waals surface area contributed by atoms with Crippen molar-refractivity contribution in [2.24, 2.45) is 0 Å². The normalized spacial score (nSPS) is 20.1. The minimum Gasteiger partial charge on any atom is -0.383 e. The van der Waals surface area contributed by atoms with Crippen molar-refractivity contribution in [1.82, 2.24) is 25.1 Å². The number of hydrogen-bond donors (Lipinski definition) is 3. The Morgan fingerprint density at radius 3 is 2.80 bits per heavy atom. The van der Waals surface area contributed by atoms with Crippen LogP contribution in [0.1, 0.15) is 36.1 Å². The lowest BCUT2D eigenvalue weighted by Crippen LogP contribution is -2.28. The van der Waals surface area contributed by atoms with Crippen LogP contribution < -0.4 is 16.4 Å². The van der Waals surface area contributed by atoms with Gasteiger partial charge in [-0.25, -0.2) is 19.4 Å². The summed E-state index contributed by atoms with van der Waals surface area (Å²) in [5.74, 6) is 0.225. The Morgan fingerprint density at radius 1 is 1.23 bits per heavy atom. The van der Waals surface area contributed by atoms with Crippen molar-refractivity contribution >= 4 is 28.6 Å². The Balaban J connectivity index is 1.29. The van der Waals surface area contributed by atoms with Crippen molar-refractivity contribution in [3.8, 4) is 0 Å². The molecule has 2 aromatic heterocycles. The predicted molar refractivity (Wildman–Crippen MR) is 122 cm³/mol. The fourth-order valence-electron chi connectivity index (χ4n) is 4.23. The van der Waals surface area contributed by atoms with E-state index in [4.69, 9.17) is 15.6 Å². The molecule has 5 rings (SSSR count). The summed E-state index contributed by atoms with van der Waals surface area (Å²) in [6.07, 6.45) is 3.71. The van der Waals surface area contributed by atoms with Crippen molar-refractivity contribution in [2.75, 3.05) is 24.3 Å². The van der Waals surface area contributed by atoms with Gasteiger partial charge in [0.25, 0.3) is 0 Å². The Kier molecular flexibility index (Phi) is 5.89. The molecule has 182 valence electrons. The number of halogens is 3. The highest BCUT2D eigenvalue weighted by Gasteiger charge is 2.31. The van der Waals surface area contributed by atoms with E-state index in [1.165, 1.54) is 18.5 Å². The molecule has 1 aliphatic heterocycles. The Labute approximate surface area is 197 Å². The maximum Gasteiger partial charge on any atom is 0.416 e. The number of nitrogens with two attached hydrogens (primary N) is 1. The molecule has 9 nitrogen and oxygen atoms in total. The van der Waals surface area contributed by atoms with Gasteiger partial charge in [-0.1, -0.05) is 18.2 Å². The first-order chi connectivity index (χ1) is 16.8. The molecule has 35 heavy (non-hydrogen) atoms. The zero-order valence-corrected chi connectivity index (χ0v) is 18.4. The Hall–Kier alpha value is -3.93. The van der Waals surface area contributed by atoms with E-state index in [-0.39, 0.29) is 17.6 Å². The third-order valence-electron chi connectivity index (χ3n) is 5.95. The first-order valence-electron chi connectivity index (χ1n) is 11.0. The molecule has 1 aromatic carbocycles. The smallest absolute Gasteiger partial charge is 0.383 e. The number of urea groups is 1. The van der Waals surface area contributed by atoms with E-state index in [0.717, 1.165) is 24.2 Å². The number of carbonyl (C=O) groups excluding carboxylic acids is 1. The molecule has 0 bridgehead atoms. The van der Waals surface area contributed by atoms with Crippen LogP contribution in [0.15, 0.2) is 54.5 Å². The maximum atomic E-state index is 12.9. The van der Waals surface area contributed by atoms with Gasteiger partial charge in [-0.2, -0.15) is 18.3 Å². The van der Waals surface area contributed by atoms with E-state index >= 15 is 0 Å². The van der Waals surface area contributed by atoms with E-state index < -0.39 is 17.8 Å². The predicted octanol–water partition coefficient (Wildman–Crippen LogP) is 4.14. The summed E-state index contributed by atoms with van der Waals surface area (Å²) in [6, 6.07) is 3.87. The zero-order chi connectivity index (χ0) is 24.6. The average molecular weight is 485 g/mol. The molecule has 4 N–H and O–H groups in total. The van der Waals surface area contributed by atoms with Crippen LogP contribution in [0.5, 0.6) is 0 Å². The van der Waals surface area contributed by atoms with Crippen molar-refractivity contribution in [1.29, 1.82) is 0 Å². The monoisotopic (exact) mass is 485 g/mol. The zero-order valence-electron chi connectivity index (χ0n) is 18.4. The van der Waals surface area contributed by atoms with Crippen LogP contribution in [0, 0.1) is 0 Å². The molecule has 1 fully saturated rings. The second kappa shape index (κ2) is 9.02. The average Bonchev–Trinajstić information content (AvgIpc) is 3.48. The van der Waals surface area contributed by atoms with Gasteiger partial charge in [0.15, 0.2) is 5.65 Å². The first-order valence-corrected chi connectivity index (χ1v) is 11.0. The lowest BCUT2D eigenvalue weighted by molar-refractivity contribution is -0.137. The molecule has 2 atom stereocenters. The molecule has 0 saturated carbocycles. The molecule has 2 aliphatic rings. The van der Waals surface area contributed by atoms with Gasteiger partial charge in [0, 0.05) is 23.9 Å². The number of carbonyl (C=O) groups is 1. The quantitative estimate of drug-likeness (QED) is 0.511. The fourth-order valence-corrected chi connectivity index (χ4v) is 4.23. The highest BCUT2D eigenvalue weighted by Crippen LogP contribution is 2.35. The second-order valence-electron chi connectivity index (χ2n) is 8.32. The number of aromatic nitrogens is 4. The van der Waals surface area contributed by atoms with E-state index in [9.17, 15) is 18.0 Å². The van der Waals surface area contributed by atoms with Gasteiger partial charge in [-0.3, -0.25) is 0 Å². The van der Waals surface area contributed by atoms with Crippen molar-refractivity contribution in [2.45, 2.75) is 31.0 Å². The largest absolute Gasteiger partial charge is 0.416 e. The summed E-state index contributed by atoms with van der Waals surface area (Å²) < 4.78 is 46.0. The number of amides is 2. The van der Waals surface area contributed by atoms with Crippen LogP contribution in [0.3, 0.4) is 0 Å². The minimum absolute atomic E-state index is 0.0407. The van der Waals surface area contributed by atoms with Gasteiger partial charge in [0.1, 0.15) is 12.1 Å². The lowest BCUT2D eigenvalue weighted by Gasteiger charge is -2.16. The molecule has 1 aliphatic carbocycles. The molecule has 3 aromatic rings. The summed E-state index contributed by atoms with van der Waals surface area (Å²) in [7, 11) is 0. The lowest BCUT2D eigenvalue weighted by atomic mass is 9.94. The number of rotatable bonds is 4. The molecule has 3 heterocycles. The molecule has 12 heteroatoms. The highest BCUT2D eigenvalue weighted by molar-refractivity contribution is 5.91. The number of allylic oxidation sites excluding steroid dienone is 3. The van der Waals surface area contributed by atoms with E-state index in [0.29, 0.717) is 42.2 Å². The Morgan fingerprint density at radius 2 is 2.09 bits per heavy atom. The maximum absolute atomic E-state index is 12.9. The second-order valence-corrected chi connectivity index (χ2v) is 8.32. The number of benzene rings is 1. The minimum atomic E-state index is -4.49. The highest BCUT2D eigenvalue weighted by atomic mass is 19.4. The van der Waals surface area contributed by atoms with Crippen LogP contribution in [0.2, 0.25) is 0 Å². The number of ether oxygens (including phenoxy) is 1. The summed E-state index contributed by atoms with van der Waals surface area (Å²) in [5.41, 5.74) is 7.29. The molecular weight excluding hydrogens is 463 g/mol. The number of nitrogen functional groups attached to an aromatic ring is 1. The number of nitrogens with zero attached hydrogens (tertiary/aromatic N) is 4.